The minimum Gasteiger partial charge on any atom is -0.466 e. The van der Waals surface area contributed by atoms with E-state index in [1.807, 2.05) is 6.92 Å². The molecule has 0 amide bonds. The van der Waals surface area contributed by atoms with E-state index in [1.54, 1.807) is 19.1 Å². The van der Waals surface area contributed by atoms with Crippen LogP contribution in [0.1, 0.15) is 36.1 Å². The summed E-state index contributed by atoms with van der Waals surface area (Å²) in [6.45, 7) is 3.86. The fraction of sp³-hybridized carbons (Fsp3) is 0.429. The number of ether oxygens (including phenoxy) is 1. The summed E-state index contributed by atoms with van der Waals surface area (Å²) in [6, 6.07) is 5.43. The average molecular weight is 247 g/mol. The molecule has 96 valence electrons. The number of carbonyl (C=O) groups excluding carboxylic acids is 1. The Balaban J connectivity index is 3.15. The van der Waals surface area contributed by atoms with Crippen LogP contribution in [-0.4, -0.2) is 17.7 Å². The van der Waals surface area contributed by atoms with Crippen molar-refractivity contribution in [3.05, 3.63) is 34.4 Å². The summed E-state index contributed by atoms with van der Waals surface area (Å²) < 4.78 is 4.92. The maximum Gasteiger partial charge on any atom is 0.310 e. The van der Waals surface area contributed by atoms with E-state index in [9.17, 15) is 9.90 Å². The molecule has 0 aliphatic heterocycles. The summed E-state index contributed by atoms with van der Waals surface area (Å²) >= 11 is 0. The van der Waals surface area contributed by atoms with E-state index in [0.29, 0.717) is 24.2 Å². The zero-order valence-corrected chi connectivity index (χ0v) is 10.7. The van der Waals surface area contributed by atoms with Crippen LogP contribution in [0.3, 0.4) is 0 Å². The number of rotatable bonds is 5. The third-order valence-corrected chi connectivity index (χ3v) is 2.74. The first-order valence-corrected chi connectivity index (χ1v) is 5.97. The smallest absolute Gasteiger partial charge is 0.310 e. The third kappa shape index (κ3) is 3.31. The minimum atomic E-state index is -0.313. The van der Waals surface area contributed by atoms with Gasteiger partial charge in [0, 0.05) is 0 Å². The second-order valence-electron chi connectivity index (χ2n) is 3.88. The zero-order valence-electron chi connectivity index (χ0n) is 10.7. The number of esters is 1. The van der Waals surface area contributed by atoms with Crippen molar-refractivity contribution in [2.45, 2.75) is 33.3 Å². The number of aliphatic hydroxyl groups is 1. The summed E-state index contributed by atoms with van der Waals surface area (Å²) in [4.78, 5) is 11.5. The number of hydrogen-bond acceptors (Lipinski definition) is 4. The van der Waals surface area contributed by atoms with Gasteiger partial charge in [0.2, 0.25) is 0 Å². The van der Waals surface area contributed by atoms with Crippen LogP contribution in [0.2, 0.25) is 0 Å². The number of nitriles is 1. The molecule has 0 radical (unpaired) electrons. The molecule has 0 aliphatic rings. The van der Waals surface area contributed by atoms with E-state index in [4.69, 9.17) is 10.00 Å². The van der Waals surface area contributed by atoms with E-state index in [2.05, 4.69) is 6.07 Å². The molecule has 1 rings (SSSR count). The zero-order chi connectivity index (χ0) is 13.5. The molecule has 0 spiro atoms. The molecule has 0 saturated heterocycles. The second kappa shape index (κ2) is 6.77. The van der Waals surface area contributed by atoms with Crippen molar-refractivity contribution in [2.24, 2.45) is 0 Å². The Labute approximate surface area is 107 Å². The Kier molecular flexibility index (Phi) is 5.34. The van der Waals surface area contributed by atoms with Crippen LogP contribution in [0.4, 0.5) is 0 Å². The first-order valence-electron chi connectivity index (χ1n) is 5.97. The Hall–Kier alpha value is -1.86. The topological polar surface area (TPSA) is 70.3 Å². The molecule has 18 heavy (non-hydrogen) atoms. The number of nitrogens with zero attached hydrogens (tertiary/aromatic N) is 1. The van der Waals surface area contributed by atoms with Crippen molar-refractivity contribution in [3.63, 3.8) is 0 Å². The number of carbonyl (C=O) groups is 1. The molecule has 1 aromatic rings. The summed E-state index contributed by atoms with van der Waals surface area (Å²) in [5.74, 6) is -0.313. The molecule has 0 aliphatic carbocycles. The molecule has 1 N–H and O–H groups in total. The highest BCUT2D eigenvalue weighted by molar-refractivity contribution is 5.74. The van der Waals surface area contributed by atoms with Gasteiger partial charge in [-0.2, -0.15) is 5.26 Å². The van der Waals surface area contributed by atoms with Gasteiger partial charge in [-0.05, 0) is 42.2 Å². The van der Waals surface area contributed by atoms with Crippen LogP contribution in [0.25, 0.3) is 0 Å². The van der Waals surface area contributed by atoms with Crippen molar-refractivity contribution in [1.82, 2.24) is 0 Å². The Bertz CT molecular complexity index is 449. The van der Waals surface area contributed by atoms with Gasteiger partial charge < -0.3 is 9.84 Å². The van der Waals surface area contributed by atoms with Gasteiger partial charge >= 0.3 is 5.97 Å². The number of aliphatic hydroxyl groups excluding tert-OH is 1. The van der Waals surface area contributed by atoms with Gasteiger partial charge in [-0.3, -0.25) is 4.79 Å². The predicted molar refractivity (Wildman–Crippen MR) is 66.8 cm³/mol. The molecule has 0 bridgehead atoms. The molecule has 0 atom stereocenters. The average Bonchev–Trinajstić information content (AvgIpc) is 2.39. The van der Waals surface area contributed by atoms with Crippen molar-refractivity contribution in [3.8, 4) is 6.07 Å². The Morgan fingerprint density at radius 2 is 2.06 bits per heavy atom. The van der Waals surface area contributed by atoms with Crippen molar-refractivity contribution in [1.29, 1.82) is 5.26 Å². The van der Waals surface area contributed by atoms with Gasteiger partial charge in [-0.15, -0.1) is 0 Å². The molecule has 1 aromatic carbocycles. The minimum absolute atomic E-state index is 0.138. The Morgan fingerprint density at radius 1 is 1.39 bits per heavy atom. The van der Waals surface area contributed by atoms with Crippen molar-refractivity contribution in [2.75, 3.05) is 6.61 Å². The lowest BCUT2D eigenvalue weighted by Gasteiger charge is -2.13. The normalized spacial score (nSPS) is 9.89. The van der Waals surface area contributed by atoms with E-state index in [0.717, 1.165) is 11.1 Å². The Morgan fingerprint density at radius 3 is 2.56 bits per heavy atom. The van der Waals surface area contributed by atoms with Crippen LogP contribution < -0.4 is 0 Å². The molecule has 4 heteroatoms. The molecule has 0 heterocycles. The molecule has 0 aromatic heterocycles. The van der Waals surface area contributed by atoms with Gasteiger partial charge in [0.1, 0.15) is 0 Å². The van der Waals surface area contributed by atoms with Gasteiger partial charge in [0.15, 0.2) is 0 Å². The second-order valence-corrected chi connectivity index (χ2v) is 3.88. The number of hydrogen-bond donors (Lipinski definition) is 1. The van der Waals surface area contributed by atoms with Crippen molar-refractivity contribution >= 4 is 5.97 Å². The highest BCUT2D eigenvalue weighted by atomic mass is 16.5. The highest BCUT2D eigenvalue weighted by Crippen LogP contribution is 2.20. The fourth-order valence-corrected chi connectivity index (χ4v) is 1.90. The van der Waals surface area contributed by atoms with Crippen LogP contribution in [-0.2, 0) is 29.0 Å². The maximum absolute atomic E-state index is 11.5. The van der Waals surface area contributed by atoms with Gasteiger partial charge in [-0.25, -0.2) is 0 Å². The van der Waals surface area contributed by atoms with E-state index < -0.39 is 0 Å². The molecule has 0 unspecified atom stereocenters. The standard InChI is InChI=1S/C14H17NO3/c1-3-11-5-10(8-15)6-12(9-16)13(11)7-14(17)18-4-2/h5-6,16H,3-4,7,9H2,1-2H3. The van der Waals surface area contributed by atoms with Crippen molar-refractivity contribution < 1.29 is 14.6 Å². The maximum atomic E-state index is 11.5. The molecule has 0 fully saturated rings. The summed E-state index contributed by atoms with van der Waals surface area (Å²) in [7, 11) is 0. The molecule has 4 nitrogen and oxygen atoms in total. The van der Waals surface area contributed by atoms with Crippen LogP contribution >= 0.6 is 0 Å². The first-order chi connectivity index (χ1) is 8.65. The number of aryl methyl sites for hydroxylation is 1. The fourth-order valence-electron chi connectivity index (χ4n) is 1.90. The summed E-state index contributed by atoms with van der Waals surface area (Å²) in [6.07, 6.45) is 0.843. The van der Waals surface area contributed by atoms with Crippen LogP contribution in [0, 0.1) is 11.3 Å². The van der Waals surface area contributed by atoms with Crippen LogP contribution in [0.5, 0.6) is 0 Å². The van der Waals surface area contributed by atoms with Gasteiger partial charge in [-0.1, -0.05) is 6.92 Å². The third-order valence-electron chi connectivity index (χ3n) is 2.74. The summed E-state index contributed by atoms with van der Waals surface area (Å²) in [5.41, 5.74) is 2.81. The molecular weight excluding hydrogens is 230 g/mol. The van der Waals surface area contributed by atoms with Crippen LogP contribution in [0.15, 0.2) is 12.1 Å². The quantitative estimate of drug-likeness (QED) is 0.804. The molecular formula is C14H17NO3. The first kappa shape index (κ1) is 14.2. The lowest BCUT2D eigenvalue weighted by atomic mass is 9.94. The van der Waals surface area contributed by atoms with E-state index in [1.165, 1.54) is 0 Å². The molecule has 0 saturated carbocycles. The number of benzene rings is 1. The van der Waals surface area contributed by atoms with Gasteiger partial charge in [0.25, 0.3) is 0 Å². The SMILES string of the molecule is CCOC(=O)Cc1c(CC)cc(C#N)cc1CO. The summed E-state index contributed by atoms with van der Waals surface area (Å²) in [5, 5.41) is 18.3. The van der Waals surface area contributed by atoms with Gasteiger partial charge in [0.05, 0.1) is 31.3 Å². The predicted octanol–water partition coefficient (Wildman–Crippen LogP) is 1.72. The highest BCUT2D eigenvalue weighted by Gasteiger charge is 2.14. The van der Waals surface area contributed by atoms with E-state index in [-0.39, 0.29) is 19.0 Å². The lowest BCUT2D eigenvalue weighted by molar-refractivity contribution is -0.142. The monoisotopic (exact) mass is 247 g/mol. The van der Waals surface area contributed by atoms with E-state index >= 15 is 0 Å². The largest absolute Gasteiger partial charge is 0.466 e. The lowest BCUT2D eigenvalue weighted by Crippen LogP contribution is -2.12.